The Morgan fingerprint density at radius 2 is 1.93 bits per heavy atom. The van der Waals surface area contributed by atoms with Gasteiger partial charge in [0.05, 0.1) is 18.8 Å². The number of nitrogens with zero attached hydrogens (tertiary/aromatic N) is 3. The number of carbonyl (C=O) groups excluding carboxylic acids is 2. The first-order valence-corrected chi connectivity index (χ1v) is 11.9. The molecule has 0 aliphatic rings. The highest BCUT2D eigenvalue weighted by atomic mass is 32.2. The summed E-state index contributed by atoms with van der Waals surface area (Å²) in [6, 6.07) is 4.05. The quantitative estimate of drug-likeness (QED) is 0.375. The smallest absolute Gasteiger partial charge is 0.348 e. The minimum Gasteiger partial charge on any atom is -0.462 e. The summed E-state index contributed by atoms with van der Waals surface area (Å²) in [6.07, 6.45) is 0.690. The Kier molecular flexibility index (Phi) is 7.51. The predicted octanol–water partition coefficient (Wildman–Crippen LogP) is 3.76. The molecular weight excluding hydrogens is 444 g/mol. The largest absolute Gasteiger partial charge is 0.462 e. The van der Waals surface area contributed by atoms with Gasteiger partial charge in [0.15, 0.2) is 5.16 Å². The van der Waals surface area contributed by atoms with Crippen LogP contribution in [0.15, 0.2) is 22.7 Å². The fourth-order valence-corrected chi connectivity index (χ4v) is 5.46. The minimum absolute atomic E-state index is 0.213. The molecule has 3 aromatic heterocycles. The van der Waals surface area contributed by atoms with E-state index in [2.05, 4.69) is 16.3 Å². The summed E-state index contributed by atoms with van der Waals surface area (Å²) >= 11 is 4.08. The second-order valence-corrected chi connectivity index (χ2v) is 9.12. The molecule has 30 heavy (non-hydrogen) atoms. The van der Waals surface area contributed by atoms with E-state index < -0.39 is 11.9 Å². The van der Waals surface area contributed by atoms with Crippen LogP contribution in [0.2, 0.25) is 0 Å². The SMILES string of the molecule is CCOC(=O)c1sc(N)c(C(=O)OCC)c1CSc1nnc(Cc2cccs2)n1C. The van der Waals surface area contributed by atoms with Crippen molar-refractivity contribution < 1.29 is 19.1 Å². The van der Waals surface area contributed by atoms with Crippen molar-refractivity contribution >= 4 is 51.4 Å². The molecule has 3 aromatic rings. The van der Waals surface area contributed by atoms with Crippen LogP contribution in [-0.4, -0.2) is 39.9 Å². The standard InChI is InChI=1S/C19H22N4O4S3/c1-4-26-17(24)14-12(15(30-16(14)20)18(25)27-5-2)10-29-19-22-21-13(23(19)3)9-11-7-6-8-28-11/h6-8H,4-5,9-10,20H2,1-3H3. The van der Waals surface area contributed by atoms with Crippen molar-refractivity contribution in [3.63, 3.8) is 0 Å². The molecule has 2 N–H and O–H groups in total. The Labute approximate surface area is 186 Å². The van der Waals surface area contributed by atoms with Gasteiger partial charge >= 0.3 is 11.9 Å². The van der Waals surface area contributed by atoms with Crippen LogP contribution in [0.4, 0.5) is 5.00 Å². The van der Waals surface area contributed by atoms with Gasteiger partial charge in [0.2, 0.25) is 0 Å². The molecule has 0 amide bonds. The zero-order chi connectivity index (χ0) is 21.7. The average molecular weight is 467 g/mol. The molecule has 160 valence electrons. The Morgan fingerprint density at radius 1 is 1.20 bits per heavy atom. The number of anilines is 1. The molecule has 11 heteroatoms. The fraction of sp³-hybridized carbons (Fsp3) is 0.368. The molecule has 0 aliphatic heterocycles. The lowest BCUT2D eigenvalue weighted by atomic mass is 10.1. The summed E-state index contributed by atoms with van der Waals surface area (Å²) in [6.45, 7) is 3.89. The van der Waals surface area contributed by atoms with E-state index in [1.807, 2.05) is 23.1 Å². The number of rotatable bonds is 9. The van der Waals surface area contributed by atoms with Gasteiger partial charge < -0.3 is 19.8 Å². The van der Waals surface area contributed by atoms with Crippen molar-refractivity contribution in [2.45, 2.75) is 31.2 Å². The van der Waals surface area contributed by atoms with E-state index in [4.69, 9.17) is 15.2 Å². The van der Waals surface area contributed by atoms with Crippen molar-refractivity contribution in [1.29, 1.82) is 0 Å². The van der Waals surface area contributed by atoms with Crippen LogP contribution in [0.1, 0.15) is 50.1 Å². The Balaban J connectivity index is 1.85. The van der Waals surface area contributed by atoms with Gasteiger partial charge in [0.1, 0.15) is 15.7 Å². The maximum atomic E-state index is 12.5. The maximum Gasteiger partial charge on any atom is 0.348 e. The van der Waals surface area contributed by atoms with Crippen LogP contribution >= 0.6 is 34.4 Å². The molecule has 0 saturated carbocycles. The number of nitrogens with two attached hydrogens (primary N) is 1. The summed E-state index contributed by atoms with van der Waals surface area (Å²) in [5.41, 5.74) is 6.78. The molecular formula is C19H22N4O4S3. The molecule has 8 nitrogen and oxygen atoms in total. The second-order valence-electron chi connectivity index (χ2n) is 6.09. The number of thiophene rings is 2. The van der Waals surface area contributed by atoms with Crippen LogP contribution in [-0.2, 0) is 28.7 Å². The van der Waals surface area contributed by atoms with E-state index in [0.29, 0.717) is 27.8 Å². The number of esters is 2. The number of hydrogen-bond donors (Lipinski definition) is 1. The van der Waals surface area contributed by atoms with Gasteiger partial charge in [-0.1, -0.05) is 17.8 Å². The van der Waals surface area contributed by atoms with Crippen LogP contribution in [0.3, 0.4) is 0 Å². The number of nitrogen functional groups attached to an aromatic ring is 1. The third kappa shape index (κ3) is 4.85. The number of hydrogen-bond acceptors (Lipinski definition) is 10. The lowest BCUT2D eigenvalue weighted by Crippen LogP contribution is -2.11. The first-order chi connectivity index (χ1) is 14.5. The van der Waals surface area contributed by atoms with Gasteiger partial charge in [-0.05, 0) is 25.3 Å². The third-order valence-corrected chi connectivity index (χ3v) is 7.12. The topological polar surface area (TPSA) is 109 Å². The van der Waals surface area contributed by atoms with E-state index >= 15 is 0 Å². The van der Waals surface area contributed by atoms with Crippen LogP contribution in [0.25, 0.3) is 0 Å². The van der Waals surface area contributed by atoms with Gasteiger partial charge in [-0.2, -0.15) is 0 Å². The minimum atomic E-state index is -0.547. The van der Waals surface area contributed by atoms with Crippen LogP contribution in [0.5, 0.6) is 0 Å². The van der Waals surface area contributed by atoms with E-state index in [1.54, 1.807) is 25.2 Å². The highest BCUT2D eigenvalue weighted by molar-refractivity contribution is 7.98. The highest BCUT2D eigenvalue weighted by Crippen LogP contribution is 2.36. The molecule has 0 radical (unpaired) electrons. The molecule has 0 fully saturated rings. The zero-order valence-corrected chi connectivity index (χ0v) is 19.3. The molecule has 0 bridgehead atoms. The number of ether oxygens (including phenoxy) is 2. The van der Waals surface area contributed by atoms with E-state index in [-0.39, 0.29) is 23.8 Å². The highest BCUT2D eigenvalue weighted by Gasteiger charge is 2.28. The molecule has 0 spiro atoms. The van der Waals surface area contributed by atoms with E-state index in [0.717, 1.165) is 17.2 Å². The molecule has 0 unspecified atom stereocenters. The summed E-state index contributed by atoms with van der Waals surface area (Å²) in [4.78, 5) is 26.4. The summed E-state index contributed by atoms with van der Waals surface area (Å²) < 4.78 is 12.2. The summed E-state index contributed by atoms with van der Waals surface area (Å²) in [5.74, 6) is 0.0903. The van der Waals surface area contributed by atoms with Gasteiger partial charge in [-0.25, -0.2) is 9.59 Å². The third-order valence-electron chi connectivity index (χ3n) is 4.16. The fourth-order valence-electron chi connectivity index (χ4n) is 2.74. The number of carbonyl (C=O) groups is 2. The van der Waals surface area contributed by atoms with Crippen molar-refractivity contribution in [3.05, 3.63) is 44.2 Å². The Bertz CT molecular complexity index is 1030. The van der Waals surface area contributed by atoms with Crippen LogP contribution < -0.4 is 5.73 Å². The Morgan fingerprint density at radius 3 is 2.60 bits per heavy atom. The molecule has 3 rings (SSSR count). The lowest BCUT2D eigenvalue weighted by molar-refractivity contribution is 0.0527. The molecule has 0 aromatic carbocycles. The van der Waals surface area contributed by atoms with E-state index in [1.165, 1.54) is 16.6 Å². The summed E-state index contributed by atoms with van der Waals surface area (Å²) in [5, 5.41) is 11.5. The lowest BCUT2D eigenvalue weighted by Gasteiger charge is -2.08. The molecule has 0 saturated heterocycles. The van der Waals surface area contributed by atoms with Crippen molar-refractivity contribution in [2.75, 3.05) is 18.9 Å². The van der Waals surface area contributed by atoms with Gasteiger partial charge in [0, 0.05) is 29.7 Å². The maximum absolute atomic E-state index is 12.5. The van der Waals surface area contributed by atoms with Gasteiger partial charge in [-0.15, -0.1) is 32.9 Å². The first kappa shape index (κ1) is 22.3. The van der Waals surface area contributed by atoms with Crippen molar-refractivity contribution in [1.82, 2.24) is 14.8 Å². The number of thioether (sulfide) groups is 1. The number of aromatic nitrogens is 3. The second kappa shape index (κ2) is 10.1. The summed E-state index contributed by atoms with van der Waals surface area (Å²) in [7, 11) is 1.89. The van der Waals surface area contributed by atoms with E-state index in [9.17, 15) is 9.59 Å². The molecule has 0 aliphatic carbocycles. The van der Waals surface area contributed by atoms with Gasteiger partial charge in [0.25, 0.3) is 0 Å². The predicted molar refractivity (Wildman–Crippen MR) is 118 cm³/mol. The normalized spacial score (nSPS) is 10.9. The zero-order valence-electron chi connectivity index (χ0n) is 16.8. The van der Waals surface area contributed by atoms with Crippen molar-refractivity contribution in [2.24, 2.45) is 7.05 Å². The average Bonchev–Trinajstić information content (AvgIpc) is 3.42. The Hall–Kier alpha value is -2.37. The monoisotopic (exact) mass is 466 g/mol. The molecule has 0 atom stereocenters. The van der Waals surface area contributed by atoms with Crippen LogP contribution in [0, 0.1) is 0 Å². The van der Waals surface area contributed by atoms with Gasteiger partial charge in [-0.3, -0.25) is 0 Å². The molecule has 3 heterocycles. The first-order valence-electron chi connectivity index (χ1n) is 9.25. The van der Waals surface area contributed by atoms with Crippen molar-refractivity contribution in [3.8, 4) is 0 Å².